The molecule has 0 atom stereocenters. The van der Waals surface area contributed by atoms with Gasteiger partial charge in [-0.15, -0.1) is 0 Å². The Morgan fingerprint density at radius 1 is 0.200 bits per heavy atom. The van der Waals surface area contributed by atoms with Crippen molar-refractivity contribution >= 4 is 0 Å². The Morgan fingerprint density at radius 3 is 0.225 bits per heavy atom. The molecule has 0 amide bonds. The average molecular weight is 593 g/mol. The Morgan fingerprint density at radius 2 is 0.225 bits per heavy atom. The summed E-state index contributed by atoms with van der Waals surface area (Å²) in [6, 6.07) is 0. The summed E-state index contributed by atoms with van der Waals surface area (Å²) in [5.74, 6) is 0. The molecule has 0 aliphatic carbocycles. The van der Waals surface area contributed by atoms with Crippen molar-refractivity contribution in [2.75, 3.05) is 0 Å². The maximum atomic E-state index is 9.67. The van der Waals surface area contributed by atoms with Gasteiger partial charge in [-0.1, -0.05) is 240 Å². The second-order valence-corrected chi connectivity index (χ2v) is 9.25. The summed E-state index contributed by atoms with van der Waals surface area (Å²) in [4.78, 5) is 0. The summed E-state index contributed by atoms with van der Waals surface area (Å²) >= 11 is 0. The smallest absolute Gasteiger partial charge is 0.174 e. The molecule has 0 aromatic carbocycles. The molecular weight excluding hydrogens is 501 g/mol. The molecule has 0 aliphatic rings. The minimum absolute atomic E-state index is 1.32. The van der Waals surface area contributed by atoms with Crippen molar-refractivity contribution in [1.82, 2.24) is 0 Å². The molecule has 0 spiro atoms. The molecule has 0 aliphatic heterocycles. The van der Waals surface area contributed by atoms with Crippen molar-refractivity contribution in [2.24, 2.45) is 0 Å². The van der Waals surface area contributed by atoms with Crippen LogP contribution >= 0.6 is 0 Å². The molecule has 0 aromatic heterocycles. The lowest BCUT2D eigenvalue weighted by Gasteiger charge is -1.68. The van der Waals surface area contributed by atoms with E-state index in [2.05, 4.69) is 125 Å². The van der Waals surface area contributed by atoms with Gasteiger partial charge >= 0.3 is 6.68 Å². The zero-order valence-corrected chi connectivity index (χ0v) is 32.4. The third kappa shape index (κ3) is 662. The zero-order chi connectivity index (χ0) is 34.3. The van der Waals surface area contributed by atoms with Gasteiger partial charge in [0.05, 0.1) is 0 Å². The molecule has 0 saturated carbocycles. The van der Waals surface area contributed by atoms with Crippen LogP contribution < -0.4 is 0 Å². The fourth-order valence-electron chi connectivity index (χ4n) is 0. The van der Waals surface area contributed by atoms with Gasteiger partial charge in [-0.2, -0.15) is 13.2 Å². The first-order valence-corrected chi connectivity index (χ1v) is 17.9. The highest BCUT2D eigenvalue weighted by atomic mass is 19.4. The fraction of sp³-hybridized carbons (Fsp3) is 1.00. The van der Waals surface area contributed by atoms with Gasteiger partial charge < -0.3 is 0 Å². The van der Waals surface area contributed by atoms with E-state index in [1.807, 2.05) is 0 Å². The van der Waals surface area contributed by atoms with E-state index in [0.717, 1.165) is 0 Å². The highest BCUT2D eigenvalue weighted by molar-refractivity contribution is 4.15. The Hall–Kier alpha value is -0.210. The van der Waals surface area contributed by atoms with Crippen molar-refractivity contribution in [2.45, 2.75) is 247 Å². The van der Waals surface area contributed by atoms with Crippen LogP contribution in [-0.2, 0) is 0 Å². The van der Waals surface area contributed by atoms with Crippen LogP contribution in [0.4, 0.5) is 13.2 Å². The lowest BCUT2D eigenvalue weighted by atomic mass is 10.4. The Kier molecular flexibility index (Phi) is 216. The first-order chi connectivity index (χ1) is 19.0. The summed E-state index contributed by atoms with van der Waals surface area (Å²) in [5.41, 5.74) is 0. The van der Waals surface area contributed by atoms with Gasteiger partial charge in [-0.25, -0.2) is 0 Å². The van der Waals surface area contributed by atoms with Gasteiger partial charge in [0, 0.05) is 0 Å². The Labute approximate surface area is 259 Å². The third-order valence-electron chi connectivity index (χ3n) is 4.50. The minimum atomic E-state index is -3.67. The fourth-order valence-corrected chi connectivity index (χ4v) is 0. The zero-order valence-electron chi connectivity index (χ0n) is 32.4. The monoisotopic (exact) mass is 593 g/mol. The van der Waals surface area contributed by atoms with E-state index in [4.69, 9.17) is 0 Å². The maximum Gasteiger partial charge on any atom is 0.379 e. The van der Waals surface area contributed by atoms with Crippen LogP contribution in [0.2, 0.25) is 0 Å². The molecule has 0 rings (SSSR count). The molecule has 0 aromatic rings. The van der Waals surface area contributed by atoms with Crippen LogP contribution in [0, 0.1) is 0 Å². The normalized spacial score (nSPS) is 7.65. The van der Waals surface area contributed by atoms with Gasteiger partial charge in [0.1, 0.15) is 0 Å². The number of hydrogen-bond acceptors (Lipinski definition) is 0. The second kappa shape index (κ2) is 128. The highest BCUT2D eigenvalue weighted by Crippen LogP contribution is 1.87. The molecule has 0 N–H and O–H groups in total. The quantitative estimate of drug-likeness (QED) is 0.250. The van der Waals surface area contributed by atoms with E-state index in [0.29, 0.717) is 0 Å². The molecule has 260 valence electrons. The summed E-state index contributed by atoms with van der Waals surface area (Å²) in [5, 5.41) is 0. The summed E-state index contributed by atoms with van der Waals surface area (Å²) in [7, 11) is 0. The molecular formula is C37H91F3. The molecule has 0 radical (unpaired) electrons. The molecule has 0 heterocycles. The Balaban J connectivity index is -0.0000000312. The standard InChI is InChI=1S/9C4H10.CHF3/c9*1-3-4-2;2-1(3)4/h9*3-4H2,1-2H3;1H. The molecule has 0 saturated heterocycles. The minimum Gasteiger partial charge on any atom is -0.174 e. The summed E-state index contributed by atoms with van der Waals surface area (Å²) in [6.45, 7) is 35.6. The number of halogens is 3. The number of alkyl halides is 3. The molecule has 0 bridgehead atoms. The first-order valence-electron chi connectivity index (χ1n) is 17.9. The van der Waals surface area contributed by atoms with Crippen molar-refractivity contribution in [3.05, 3.63) is 0 Å². The van der Waals surface area contributed by atoms with E-state index in [1.54, 1.807) is 0 Å². The van der Waals surface area contributed by atoms with Gasteiger partial charge in [0.15, 0.2) is 0 Å². The van der Waals surface area contributed by atoms with Gasteiger partial charge in [0.2, 0.25) is 0 Å². The molecule has 3 heteroatoms. The largest absolute Gasteiger partial charge is 0.379 e. The third-order valence-corrected chi connectivity index (χ3v) is 4.50. The van der Waals surface area contributed by atoms with Crippen LogP contribution in [0.5, 0.6) is 0 Å². The predicted molar refractivity (Wildman–Crippen MR) is 192 cm³/mol. The molecule has 0 fully saturated rings. The van der Waals surface area contributed by atoms with Crippen molar-refractivity contribution in [1.29, 1.82) is 0 Å². The maximum absolute atomic E-state index is 9.67. The van der Waals surface area contributed by atoms with Crippen molar-refractivity contribution in [3.8, 4) is 0 Å². The number of unbranched alkanes of at least 4 members (excludes halogenated alkanes) is 9. The van der Waals surface area contributed by atoms with Crippen LogP contribution in [0.25, 0.3) is 0 Å². The highest BCUT2D eigenvalue weighted by Gasteiger charge is 1.86. The lowest BCUT2D eigenvalue weighted by molar-refractivity contribution is 0.00819. The van der Waals surface area contributed by atoms with Crippen molar-refractivity contribution in [3.63, 3.8) is 0 Å². The molecule has 0 nitrogen and oxygen atoms in total. The van der Waals surface area contributed by atoms with Crippen LogP contribution in [0.1, 0.15) is 240 Å². The predicted octanol–water partition coefficient (Wildman–Crippen LogP) is 17.4. The average Bonchev–Trinajstić information content (AvgIpc) is 3.01. The van der Waals surface area contributed by atoms with E-state index in [-0.39, 0.29) is 0 Å². The molecule has 40 heavy (non-hydrogen) atoms. The summed E-state index contributed by atoms with van der Waals surface area (Å²) in [6.07, 6.45) is 23.7. The van der Waals surface area contributed by atoms with E-state index in [1.165, 1.54) is 116 Å². The van der Waals surface area contributed by atoms with Gasteiger partial charge in [0.25, 0.3) is 0 Å². The first kappa shape index (κ1) is 67.5. The van der Waals surface area contributed by atoms with Gasteiger partial charge in [-0.05, 0) is 0 Å². The molecule has 0 unspecified atom stereocenters. The Bertz CT molecular complexity index is 120. The summed E-state index contributed by atoms with van der Waals surface area (Å²) < 4.78 is 29.0. The van der Waals surface area contributed by atoms with Gasteiger partial charge in [-0.3, -0.25) is 0 Å². The van der Waals surface area contributed by atoms with Crippen LogP contribution in [-0.4, -0.2) is 6.68 Å². The SMILES string of the molecule is CCCC.CCCC.CCCC.CCCC.CCCC.CCCC.CCCC.CCCC.CCCC.FC(F)F. The van der Waals surface area contributed by atoms with Crippen molar-refractivity contribution < 1.29 is 13.2 Å². The van der Waals surface area contributed by atoms with E-state index >= 15 is 0 Å². The second-order valence-electron chi connectivity index (χ2n) is 9.25. The van der Waals surface area contributed by atoms with Crippen LogP contribution in [0.3, 0.4) is 0 Å². The number of rotatable bonds is 9. The number of hydrogen-bond donors (Lipinski definition) is 0. The topological polar surface area (TPSA) is 0 Å². The van der Waals surface area contributed by atoms with E-state index in [9.17, 15) is 13.2 Å². The van der Waals surface area contributed by atoms with Crippen LogP contribution in [0.15, 0.2) is 0 Å². The van der Waals surface area contributed by atoms with E-state index < -0.39 is 6.68 Å². The lowest BCUT2D eigenvalue weighted by Crippen LogP contribution is -1.65.